The maximum absolute atomic E-state index is 8.76. The maximum atomic E-state index is 8.76. The third kappa shape index (κ3) is 1.56. The molecule has 0 amide bonds. The quantitative estimate of drug-likeness (QED) is 0.562. The topological polar surface area (TPSA) is 23.8 Å². The van der Waals surface area contributed by atoms with Gasteiger partial charge in [0.15, 0.2) is 0 Å². The molecule has 0 aromatic heterocycles. The summed E-state index contributed by atoms with van der Waals surface area (Å²) in [6.07, 6.45) is 7.98. The van der Waals surface area contributed by atoms with E-state index < -0.39 is 0 Å². The molecule has 2 saturated carbocycles. The van der Waals surface area contributed by atoms with Crippen molar-refractivity contribution in [3.8, 4) is 6.07 Å². The van der Waals surface area contributed by atoms with E-state index in [0.29, 0.717) is 5.92 Å². The molecule has 0 radical (unpaired) electrons. The second-order valence-corrected chi connectivity index (χ2v) is 4.09. The predicted molar refractivity (Wildman–Crippen MR) is 43.8 cm³/mol. The molecule has 0 aromatic carbocycles. The molecule has 0 bridgehead atoms. The lowest BCUT2D eigenvalue weighted by atomic mass is 9.80. The predicted octanol–water partition coefficient (Wildman–Crippen LogP) is 2.73. The summed E-state index contributed by atoms with van der Waals surface area (Å²) in [4.78, 5) is 0. The molecule has 2 rings (SSSR count). The minimum atomic E-state index is 0.398. The lowest BCUT2D eigenvalue weighted by molar-refractivity contribution is 0.280. The molecule has 0 saturated heterocycles. The number of nitrogens with zero attached hydrogens (tertiary/aromatic N) is 1. The van der Waals surface area contributed by atoms with Gasteiger partial charge in [-0.2, -0.15) is 5.26 Å². The largest absolute Gasteiger partial charge is 0.198 e. The van der Waals surface area contributed by atoms with Crippen molar-refractivity contribution in [1.29, 1.82) is 5.26 Å². The summed E-state index contributed by atoms with van der Waals surface area (Å²) in [6, 6.07) is 2.42. The molecule has 2 unspecified atom stereocenters. The lowest BCUT2D eigenvalue weighted by Crippen LogP contribution is -2.15. The molecular weight excluding hydrogens is 134 g/mol. The fourth-order valence-corrected chi connectivity index (χ4v) is 2.34. The Hall–Kier alpha value is -0.510. The minimum Gasteiger partial charge on any atom is -0.198 e. The monoisotopic (exact) mass is 149 g/mol. The maximum Gasteiger partial charge on any atom is 0.0655 e. The normalized spacial score (nSPS) is 38.1. The summed E-state index contributed by atoms with van der Waals surface area (Å²) in [5.74, 6) is 2.34. The van der Waals surface area contributed by atoms with Gasteiger partial charge in [-0.1, -0.05) is 12.8 Å². The van der Waals surface area contributed by atoms with Gasteiger partial charge in [-0.3, -0.25) is 0 Å². The Morgan fingerprint density at radius 2 is 1.82 bits per heavy atom. The van der Waals surface area contributed by atoms with Crippen molar-refractivity contribution >= 4 is 0 Å². The van der Waals surface area contributed by atoms with E-state index in [1.165, 1.54) is 38.5 Å². The second kappa shape index (κ2) is 2.85. The third-order valence-electron chi connectivity index (χ3n) is 3.19. The molecule has 1 heteroatoms. The van der Waals surface area contributed by atoms with Crippen LogP contribution in [-0.4, -0.2) is 0 Å². The minimum absolute atomic E-state index is 0.398. The fraction of sp³-hybridized carbons (Fsp3) is 0.900. The van der Waals surface area contributed by atoms with Crippen LogP contribution < -0.4 is 0 Å². The van der Waals surface area contributed by atoms with Crippen LogP contribution in [0.25, 0.3) is 0 Å². The molecule has 11 heavy (non-hydrogen) atoms. The van der Waals surface area contributed by atoms with Crippen LogP contribution in [0.3, 0.4) is 0 Å². The summed E-state index contributed by atoms with van der Waals surface area (Å²) in [7, 11) is 0. The van der Waals surface area contributed by atoms with E-state index in [1.807, 2.05) is 0 Å². The van der Waals surface area contributed by atoms with Crippen LogP contribution in [0.2, 0.25) is 0 Å². The summed E-state index contributed by atoms with van der Waals surface area (Å²) in [5.41, 5.74) is 0. The van der Waals surface area contributed by atoms with E-state index in [2.05, 4.69) is 6.07 Å². The summed E-state index contributed by atoms with van der Waals surface area (Å²) < 4.78 is 0. The first kappa shape index (κ1) is 7.16. The van der Waals surface area contributed by atoms with Crippen molar-refractivity contribution in [2.75, 3.05) is 0 Å². The van der Waals surface area contributed by atoms with E-state index in [1.54, 1.807) is 0 Å². The number of nitriles is 1. The first-order valence-corrected chi connectivity index (χ1v) is 4.80. The van der Waals surface area contributed by atoms with Gasteiger partial charge in [-0.25, -0.2) is 0 Å². The SMILES string of the molecule is N#CC1CCCC(C2CC2)C1. The molecule has 0 spiro atoms. The van der Waals surface area contributed by atoms with Crippen LogP contribution in [0.5, 0.6) is 0 Å². The molecule has 60 valence electrons. The molecule has 2 aliphatic rings. The van der Waals surface area contributed by atoms with Crippen LogP contribution >= 0.6 is 0 Å². The Bertz CT molecular complexity index is 176. The van der Waals surface area contributed by atoms with Gasteiger partial charge in [-0.15, -0.1) is 0 Å². The van der Waals surface area contributed by atoms with Crippen LogP contribution in [0.15, 0.2) is 0 Å². The van der Waals surface area contributed by atoms with Gasteiger partial charge in [0, 0.05) is 5.92 Å². The first-order chi connectivity index (χ1) is 5.40. The molecule has 0 heterocycles. The van der Waals surface area contributed by atoms with Gasteiger partial charge in [0.2, 0.25) is 0 Å². The highest BCUT2D eigenvalue weighted by atomic mass is 14.4. The molecule has 0 aliphatic heterocycles. The van der Waals surface area contributed by atoms with E-state index in [9.17, 15) is 0 Å². The van der Waals surface area contributed by atoms with Gasteiger partial charge in [0.05, 0.1) is 6.07 Å². The van der Waals surface area contributed by atoms with Crippen molar-refractivity contribution in [1.82, 2.24) is 0 Å². The van der Waals surface area contributed by atoms with Crippen molar-refractivity contribution in [2.45, 2.75) is 38.5 Å². The first-order valence-electron chi connectivity index (χ1n) is 4.80. The Balaban J connectivity index is 1.88. The molecular formula is C10H15N. The molecule has 1 nitrogen and oxygen atoms in total. The smallest absolute Gasteiger partial charge is 0.0655 e. The number of hydrogen-bond acceptors (Lipinski definition) is 1. The van der Waals surface area contributed by atoms with Crippen molar-refractivity contribution in [2.24, 2.45) is 17.8 Å². The molecule has 0 N–H and O–H groups in total. The van der Waals surface area contributed by atoms with E-state index in [-0.39, 0.29) is 0 Å². The van der Waals surface area contributed by atoms with Crippen LogP contribution in [0.4, 0.5) is 0 Å². The Morgan fingerprint density at radius 3 is 2.45 bits per heavy atom. The number of rotatable bonds is 1. The second-order valence-electron chi connectivity index (χ2n) is 4.09. The average Bonchev–Trinajstić information content (AvgIpc) is 2.87. The van der Waals surface area contributed by atoms with E-state index in [4.69, 9.17) is 5.26 Å². The van der Waals surface area contributed by atoms with Gasteiger partial charge < -0.3 is 0 Å². The summed E-state index contributed by atoms with van der Waals surface area (Å²) in [6.45, 7) is 0. The van der Waals surface area contributed by atoms with Crippen molar-refractivity contribution < 1.29 is 0 Å². The highest BCUT2D eigenvalue weighted by molar-refractivity contribution is 4.92. The molecule has 2 fully saturated rings. The Morgan fingerprint density at radius 1 is 1.00 bits per heavy atom. The molecule has 0 aromatic rings. The zero-order chi connectivity index (χ0) is 7.68. The zero-order valence-electron chi connectivity index (χ0n) is 6.92. The van der Waals surface area contributed by atoms with Gasteiger partial charge in [0.25, 0.3) is 0 Å². The third-order valence-corrected chi connectivity index (χ3v) is 3.19. The molecule has 2 atom stereocenters. The zero-order valence-corrected chi connectivity index (χ0v) is 6.92. The van der Waals surface area contributed by atoms with Crippen LogP contribution in [0, 0.1) is 29.1 Å². The van der Waals surface area contributed by atoms with Crippen LogP contribution in [0.1, 0.15) is 38.5 Å². The van der Waals surface area contributed by atoms with Crippen LogP contribution in [-0.2, 0) is 0 Å². The Labute approximate surface area is 68.4 Å². The highest BCUT2D eigenvalue weighted by Crippen LogP contribution is 2.45. The molecule has 2 aliphatic carbocycles. The summed E-state index contributed by atoms with van der Waals surface area (Å²) in [5, 5.41) is 8.76. The van der Waals surface area contributed by atoms with Gasteiger partial charge in [0.1, 0.15) is 0 Å². The van der Waals surface area contributed by atoms with E-state index in [0.717, 1.165) is 11.8 Å². The van der Waals surface area contributed by atoms with Crippen molar-refractivity contribution in [3.05, 3.63) is 0 Å². The summed E-state index contributed by atoms with van der Waals surface area (Å²) >= 11 is 0. The Kier molecular flexibility index (Phi) is 1.85. The lowest BCUT2D eigenvalue weighted by Gasteiger charge is -2.24. The number of hydrogen-bond donors (Lipinski definition) is 0. The van der Waals surface area contributed by atoms with E-state index >= 15 is 0 Å². The van der Waals surface area contributed by atoms with Gasteiger partial charge in [-0.05, 0) is 37.5 Å². The average molecular weight is 149 g/mol. The van der Waals surface area contributed by atoms with Gasteiger partial charge >= 0.3 is 0 Å². The van der Waals surface area contributed by atoms with Crippen molar-refractivity contribution in [3.63, 3.8) is 0 Å². The highest BCUT2D eigenvalue weighted by Gasteiger charge is 2.34. The fourth-order valence-electron chi connectivity index (χ4n) is 2.34. The standard InChI is InChI=1S/C10H15N/c11-7-8-2-1-3-10(6-8)9-4-5-9/h8-10H,1-6H2.